The summed E-state index contributed by atoms with van der Waals surface area (Å²) in [6.45, 7) is 5.93. The number of hydrogen-bond donors (Lipinski definition) is 1. The fraction of sp³-hybridized carbons (Fsp3) is 0.364. The minimum absolute atomic E-state index is 0.608. The molecular formula is C11H17NO2. The monoisotopic (exact) mass is 195 g/mol. The maximum atomic E-state index is 10.6. The minimum atomic E-state index is 0.608. The molecule has 0 aliphatic heterocycles. The van der Waals surface area contributed by atoms with Crippen LogP contribution in [0, 0.1) is 6.92 Å². The summed E-state index contributed by atoms with van der Waals surface area (Å²) in [5, 5.41) is 0. The van der Waals surface area contributed by atoms with Crippen LogP contribution in [0.2, 0.25) is 0 Å². The Hall–Kier alpha value is -1.35. The molecule has 3 heteroatoms. The van der Waals surface area contributed by atoms with E-state index in [1.165, 1.54) is 7.11 Å². The standard InChI is InChI=1S/C9H11NO2.C2H6/c1-7-3-4-9(10-12-2)8(5-7)6-11;1-2/h3-6,10H,1-2H3;1-2H3. The molecule has 0 saturated carbocycles. The fourth-order valence-corrected chi connectivity index (χ4v) is 0.983. The summed E-state index contributed by atoms with van der Waals surface area (Å²) in [5.41, 5.74) is 4.98. The number of carbonyl (C=O) groups is 1. The molecular weight excluding hydrogens is 178 g/mol. The lowest BCUT2D eigenvalue weighted by Crippen LogP contribution is -1.99. The van der Waals surface area contributed by atoms with Crippen molar-refractivity contribution >= 4 is 12.0 Å². The summed E-state index contributed by atoms with van der Waals surface area (Å²) < 4.78 is 0. The summed E-state index contributed by atoms with van der Waals surface area (Å²) in [6, 6.07) is 5.52. The highest BCUT2D eigenvalue weighted by molar-refractivity contribution is 5.84. The second-order valence-corrected chi connectivity index (χ2v) is 2.51. The molecule has 1 N–H and O–H groups in total. The van der Waals surface area contributed by atoms with Gasteiger partial charge in [-0.3, -0.25) is 15.1 Å². The largest absolute Gasteiger partial charge is 0.298 e. The van der Waals surface area contributed by atoms with Crippen LogP contribution in [0.25, 0.3) is 0 Å². The van der Waals surface area contributed by atoms with Crippen LogP contribution in [-0.2, 0) is 4.84 Å². The molecule has 1 aromatic carbocycles. The fourth-order valence-electron chi connectivity index (χ4n) is 0.983. The molecule has 0 heterocycles. The smallest absolute Gasteiger partial charge is 0.152 e. The van der Waals surface area contributed by atoms with Gasteiger partial charge in [-0.15, -0.1) is 0 Å². The average Bonchev–Trinajstić information content (AvgIpc) is 2.24. The van der Waals surface area contributed by atoms with Crippen LogP contribution in [0.3, 0.4) is 0 Å². The average molecular weight is 195 g/mol. The van der Waals surface area contributed by atoms with Crippen LogP contribution in [-0.4, -0.2) is 13.4 Å². The molecule has 78 valence electrons. The van der Waals surface area contributed by atoms with E-state index in [-0.39, 0.29) is 0 Å². The van der Waals surface area contributed by atoms with Gasteiger partial charge in [-0.05, 0) is 19.1 Å². The number of rotatable bonds is 3. The number of aryl methyl sites for hydroxylation is 1. The number of benzene rings is 1. The normalized spacial score (nSPS) is 8.57. The molecule has 0 atom stereocenters. The lowest BCUT2D eigenvalue weighted by Gasteiger charge is -2.05. The Morgan fingerprint density at radius 3 is 2.50 bits per heavy atom. The Morgan fingerprint density at radius 2 is 2.00 bits per heavy atom. The van der Waals surface area contributed by atoms with Crippen LogP contribution < -0.4 is 5.48 Å². The van der Waals surface area contributed by atoms with Crippen molar-refractivity contribution in [3.8, 4) is 0 Å². The highest BCUT2D eigenvalue weighted by atomic mass is 16.6. The quantitative estimate of drug-likeness (QED) is 0.595. The zero-order valence-corrected chi connectivity index (χ0v) is 9.13. The topological polar surface area (TPSA) is 38.3 Å². The van der Waals surface area contributed by atoms with E-state index in [4.69, 9.17) is 4.84 Å². The summed E-state index contributed by atoms with van der Waals surface area (Å²) in [7, 11) is 1.51. The van der Waals surface area contributed by atoms with Crippen molar-refractivity contribution in [1.82, 2.24) is 0 Å². The van der Waals surface area contributed by atoms with Gasteiger partial charge in [0.2, 0.25) is 0 Å². The first-order chi connectivity index (χ1) is 6.77. The Morgan fingerprint density at radius 1 is 1.36 bits per heavy atom. The molecule has 3 nitrogen and oxygen atoms in total. The number of aldehydes is 1. The van der Waals surface area contributed by atoms with Gasteiger partial charge < -0.3 is 0 Å². The van der Waals surface area contributed by atoms with E-state index >= 15 is 0 Å². The number of anilines is 1. The number of nitrogens with one attached hydrogen (secondary N) is 1. The van der Waals surface area contributed by atoms with Crippen LogP contribution >= 0.6 is 0 Å². The van der Waals surface area contributed by atoms with Gasteiger partial charge in [-0.1, -0.05) is 25.5 Å². The predicted molar refractivity (Wildman–Crippen MR) is 58.5 cm³/mol. The molecule has 0 radical (unpaired) electrons. The van der Waals surface area contributed by atoms with Gasteiger partial charge in [-0.2, -0.15) is 0 Å². The molecule has 0 amide bonds. The number of carbonyl (C=O) groups excluding carboxylic acids is 1. The highest BCUT2D eigenvalue weighted by Gasteiger charge is 1.99. The van der Waals surface area contributed by atoms with Gasteiger partial charge in [0.05, 0.1) is 12.8 Å². The Balaban J connectivity index is 0.000000791. The van der Waals surface area contributed by atoms with Crippen molar-refractivity contribution < 1.29 is 9.63 Å². The summed E-state index contributed by atoms with van der Waals surface area (Å²) in [5.74, 6) is 0. The Labute approximate surface area is 85.0 Å². The third-order valence-corrected chi connectivity index (χ3v) is 1.55. The van der Waals surface area contributed by atoms with Gasteiger partial charge in [-0.25, -0.2) is 0 Å². The van der Waals surface area contributed by atoms with Crippen LogP contribution in [0.5, 0.6) is 0 Å². The summed E-state index contributed by atoms with van der Waals surface area (Å²) in [4.78, 5) is 15.3. The van der Waals surface area contributed by atoms with E-state index in [1.807, 2.05) is 32.9 Å². The maximum absolute atomic E-state index is 10.6. The van der Waals surface area contributed by atoms with E-state index in [0.29, 0.717) is 11.3 Å². The molecule has 0 aliphatic carbocycles. The third kappa shape index (κ3) is 3.58. The molecule has 14 heavy (non-hydrogen) atoms. The van der Waals surface area contributed by atoms with E-state index in [1.54, 1.807) is 6.07 Å². The minimum Gasteiger partial charge on any atom is -0.298 e. The summed E-state index contributed by atoms with van der Waals surface area (Å²) in [6.07, 6.45) is 0.800. The van der Waals surface area contributed by atoms with Gasteiger partial charge in [0.25, 0.3) is 0 Å². The molecule has 1 aromatic rings. The lowest BCUT2D eigenvalue weighted by atomic mass is 10.1. The lowest BCUT2D eigenvalue weighted by molar-refractivity contribution is 0.112. The first kappa shape index (κ1) is 12.7. The molecule has 0 unspecified atom stereocenters. The molecule has 0 fully saturated rings. The zero-order valence-electron chi connectivity index (χ0n) is 9.13. The van der Waals surface area contributed by atoms with E-state index in [9.17, 15) is 4.79 Å². The van der Waals surface area contributed by atoms with Crippen molar-refractivity contribution in [2.45, 2.75) is 20.8 Å². The van der Waals surface area contributed by atoms with Gasteiger partial charge in [0.15, 0.2) is 6.29 Å². The van der Waals surface area contributed by atoms with Crippen LogP contribution in [0.4, 0.5) is 5.69 Å². The maximum Gasteiger partial charge on any atom is 0.152 e. The second-order valence-electron chi connectivity index (χ2n) is 2.51. The molecule has 0 aliphatic rings. The van der Waals surface area contributed by atoms with Crippen molar-refractivity contribution in [1.29, 1.82) is 0 Å². The van der Waals surface area contributed by atoms with Crippen molar-refractivity contribution in [2.75, 3.05) is 12.6 Å². The number of hydrogen-bond acceptors (Lipinski definition) is 3. The summed E-state index contributed by atoms with van der Waals surface area (Å²) >= 11 is 0. The van der Waals surface area contributed by atoms with Crippen molar-refractivity contribution in [3.63, 3.8) is 0 Å². The first-order valence-electron chi connectivity index (χ1n) is 4.62. The molecule has 0 aromatic heterocycles. The predicted octanol–water partition coefficient (Wildman–Crippen LogP) is 2.81. The van der Waals surface area contributed by atoms with E-state index < -0.39 is 0 Å². The van der Waals surface area contributed by atoms with E-state index in [0.717, 1.165) is 11.8 Å². The van der Waals surface area contributed by atoms with Crippen LogP contribution in [0.15, 0.2) is 18.2 Å². The van der Waals surface area contributed by atoms with Gasteiger partial charge in [0.1, 0.15) is 0 Å². The van der Waals surface area contributed by atoms with Crippen molar-refractivity contribution in [3.05, 3.63) is 29.3 Å². The Kier molecular flexibility index (Phi) is 6.41. The van der Waals surface area contributed by atoms with Crippen molar-refractivity contribution in [2.24, 2.45) is 0 Å². The molecule has 0 saturated heterocycles. The van der Waals surface area contributed by atoms with Crippen LogP contribution in [0.1, 0.15) is 29.8 Å². The van der Waals surface area contributed by atoms with Gasteiger partial charge >= 0.3 is 0 Å². The zero-order chi connectivity index (χ0) is 11.0. The van der Waals surface area contributed by atoms with Gasteiger partial charge in [0, 0.05) is 5.56 Å². The molecule has 0 bridgehead atoms. The third-order valence-electron chi connectivity index (χ3n) is 1.55. The Bertz CT molecular complexity index is 285. The first-order valence-corrected chi connectivity index (χ1v) is 4.62. The molecule has 1 rings (SSSR count). The second kappa shape index (κ2) is 7.09. The highest BCUT2D eigenvalue weighted by Crippen LogP contribution is 2.14. The van der Waals surface area contributed by atoms with E-state index in [2.05, 4.69) is 5.48 Å². The molecule has 0 spiro atoms. The SMILES string of the molecule is CC.CONc1ccc(C)cc1C=O.